The Morgan fingerprint density at radius 2 is 1.69 bits per heavy atom. The van der Waals surface area contributed by atoms with Gasteiger partial charge in [0.2, 0.25) is 0 Å². The third kappa shape index (κ3) is 9.22. The smallest absolute Gasteiger partial charge is 0.407 e. The van der Waals surface area contributed by atoms with Gasteiger partial charge in [-0.3, -0.25) is 0 Å². The molecule has 0 saturated carbocycles. The summed E-state index contributed by atoms with van der Waals surface area (Å²) in [5.41, 5.74) is 0.711. The number of rotatable bonds is 7. The molecule has 1 rings (SSSR count). The summed E-state index contributed by atoms with van der Waals surface area (Å²) in [6.45, 7) is 8.59. The van der Waals surface area contributed by atoms with Crippen LogP contribution in [0.1, 0.15) is 44.5 Å². The van der Waals surface area contributed by atoms with Crippen molar-refractivity contribution in [2.45, 2.75) is 39.7 Å². The quantitative estimate of drug-likeness (QED) is 0.380. The summed E-state index contributed by atoms with van der Waals surface area (Å²) in [6.07, 6.45) is 0.317. The van der Waals surface area contributed by atoms with E-state index in [1.165, 1.54) is 0 Å². The van der Waals surface area contributed by atoms with Crippen molar-refractivity contribution in [3.8, 4) is 0 Å². The van der Waals surface area contributed by atoms with Crippen molar-refractivity contribution < 1.29 is 19.1 Å². The monoisotopic (exact) mass is 381 g/mol. The molecular weight excluding hydrogens is 354 g/mol. The average Bonchev–Trinajstić information content (AvgIpc) is 2.55. The van der Waals surface area contributed by atoms with E-state index in [2.05, 4.69) is 16.0 Å². The van der Waals surface area contributed by atoms with Crippen molar-refractivity contribution in [1.29, 1.82) is 0 Å². The summed E-state index contributed by atoms with van der Waals surface area (Å²) in [5, 5.41) is 9.02. The average molecular weight is 381 g/mol. The molecule has 0 aromatic heterocycles. The normalized spacial score (nSPS) is 10.6. The number of thiocarbonyl (C=S) groups is 1. The van der Waals surface area contributed by atoms with Crippen LogP contribution in [-0.2, 0) is 9.47 Å². The van der Waals surface area contributed by atoms with Gasteiger partial charge in [-0.1, -0.05) is 6.92 Å². The van der Waals surface area contributed by atoms with Gasteiger partial charge in [-0.15, -0.1) is 0 Å². The van der Waals surface area contributed by atoms with E-state index in [1.54, 1.807) is 45.0 Å². The van der Waals surface area contributed by atoms with Gasteiger partial charge in [-0.2, -0.15) is 0 Å². The zero-order valence-corrected chi connectivity index (χ0v) is 16.5. The van der Waals surface area contributed by atoms with Crippen LogP contribution in [-0.4, -0.2) is 42.5 Å². The van der Waals surface area contributed by atoms with E-state index in [0.29, 0.717) is 30.4 Å². The molecule has 8 heteroatoms. The van der Waals surface area contributed by atoms with Crippen molar-refractivity contribution in [2.24, 2.45) is 0 Å². The molecule has 1 aromatic rings. The lowest BCUT2D eigenvalue weighted by Crippen LogP contribution is -2.39. The molecule has 0 radical (unpaired) electrons. The van der Waals surface area contributed by atoms with E-state index < -0.39 is 11.7 Å². The van der Waals surface area contributed by atoms with Crippen LogP contribution < -0.4 is 16.0 Å². The highest BCUT2D eigenvalue weighted by molar-refractivity contribution is 7.80. The molecule has 1 amide bonds. The molecule has 3 N–H and O–H groups in total. The molecule has 0 aliphatic heterocycles. The van der Waals surface area contributed by atoms with E-state index in [-0.39, 0.29) is 5.97 Å². The van der Waals surface area contributed by atoms with Crippen molar-refractivity contribution in [2.75, 3.05) is 25.0 Å². The maximum absolute atomic E-state index is 11.7. The summed E-state index contributed by atoms with van der Waals surface area (Å²) in [4.78, 5) is 23.2. The number of hydrogen-bond acceptors (Lipinski definition) is 5. The number of carbonyl (C=O) groups is 2. The molecule has 0 fully saturated rings. The Labute approximate surface area is 159 Å². The Morgan fingerprint density at radius 3 is 2.27 bits per heavy atom. The third-order valence-electron chi connectivity index (χ3n) is 2.89. The van der Waals surface area contributed by atoms with Crippen molar-refractivity contribution in [1.82, 2.24) is 10.6 Å². The first-order valence-corrected chi connectivity index (χ1v) is 8.91. The van der Waals surface area contributed by atoms with Crippen LogP contribution >= 0.6 is 12.2 Å². The molecule has 7 nitrogen and oxygen atoms in total. The number of anilines is 1. The van der Waals surface area contributed by atoms with Gasteiger partial charge in [-0.05, 0) is 63.7 Å². The van der Waals surface area contributed by atoms with Gasteiger partial charge in [0.1, 0.15) is 5.60 Å². The number of hydrogen-bond donors (Lipinski definition) is 3. The minimum Gasteiger partial charge on any atom is -0.462 e. The van der Waals surface area contributed by atoms with Gasteiger partial charge in [0, 0.05) is 18.8 Å². The number of carbonyl (C=O) groups excluding carboxylic acids is 2. The second kappa shape index (κ2) is 10.6. The van der Waals surface area contributed by atoms with Gasteiger partial charge >= 0.3 is 12.1 Å². The van der Waals surface area contributed by atoms with Gasteiger partial charge in [0.25, 0.3) is 0 Å². The topological polar surface area (TPSA) is 88.7 Å². The maximum atomic E-state index is 11.7. The molecule has 0 bridgehead atoms. The molecule has 0 spiro atoms. The fourth-order valence-electron chi connectivity index (χ4n) is 1.80. The lowest BCUT2D eigenvalue weighted by Gasteiger charge is -2.19. The van der Waals surface area contributed by atoms with Crippen molar-refractivity contribution in [3.63, 3.8) is 0 Å². The molecule has 0 aliphatic rings. The predicted molar refractivity (Wildman–Crippen MR) is 105 cm³/mol. The molecular formula is C18H27N3O4S. The molecule has 0 heterocycles. The molecule has 144 valence electrons. The minimum atomic E-state index is -0.524. The van der Waals surface area contributed by atoms with E-state index >= 15 is 0 Å². The third-order valence-corrected chi connectivity index (χ3v) is 3.14. The largest absolute Gasteiger partial charge is 0.462 e. The van der Waals surface area contributed by atoms with Crippen molar-refractivity contribution in [3.05, 3.63) is 29.8 Å². The maximum Gasteiger partial charge on any atom is 0.407 e. The number of ether oxygens (including phenoxy) is 2. The zero-order valence-electron chi connectivity index (χ0n) is 15.7. The van der Waals surface area contributed by atoms with Crippen molar-refractivity contribution >= 4 is 35.1 Å². The van der Waals surface area contributed by atoms with Gasteiger partial charge < -0.3 is 25.4 Å². The fourth-order valence-corrected chi connectivity index (χ4v) is 2.02. The summed E-state index contributed by atoms with van der Waals surface area (Å²) >= 11 is 5.19. The van der Waals surface area contributed by atoms with Crippen LogP contribution in [0.3, 0.4) is 0 Å². The lowest BCUT2D eigenvalue weighted by molar-refractivity contribution is 0.0501. The molecule has 1 aromatic carbocycles. The summed E-state index contributed by atoms with van der Waals surface area (Å²) in [7, 11) is 0. The van der Waals surface area contributed by atoms with E-state index in [1.807, 2.05) is 6.92 Å². The minimum absolute atomic E-state index is 0.340. The Morgan fingerprint density at radius 1 is 1.08 bits per heavy atom. The highest BCUT2D eigenvalue weighted by Crippen LogP contribution is 2.10. The fraction of sp³-hybridized carbons (Fsp3) is 0.500. The first-order valence-electron chi connectivity index (χ1n) is 8.50. The van der Waals surface area contributed by atoms with Crippen LogP contribution in [0.15, 0.2) is 24.3 Å². The molecule has 0 atom stereocenters. The van der Waals surface area contributed by atoms with E-state index in [4.69, 9.17) is 21.7 Å². The van der Waals surface area contributed by atoms with Crippen LogP contribution in [0.4, 0.5) is 10.5 Å². The highest BCUT2D eigenvalue weighted by Gasteiger charge is 2.15. The predicted octanol–water partition coefficient (Wildman–Crippen LogP) is 3.06. The van der Waals surface area contributed by atoms with E-state index in [0.717, 1.165) is 12.1 Å². The Balaban J connectivity index is 2.31. The molecule has 0 aliphatic carbocycles. The van der Waals surface area contributed by atoms with Gasteiger partial charge in [0.15, 0.2) is 5.11 Å². The summed E-state index contributed by atoms with van der Waals surface area (Å²) in [5.74, 6) is -0.340. The van der Waals surface area contributed by atoms with Gasteiger partial charge in [-0.25, -0.2) is 9.59 Å². The number of benzene rings is 1. The highest BCUT2D eigenvalue weighted by atomic mass is 32.1. The molecule has 0 unspecified atom stereocenters. The second-order valence-corrected chi connectivity index (χ2v) is 6.93. The number of alkyl carbamates (subject to hydrolysis) is 1. The van der Waals surface area contributed by atoms with Crippen LogP contribution in [0.25, 0.3) is 0 Å². The molecule has 26 heavy (non-hydrogen) atoms. The second-order valence-electron chi connectivity index (χ2n) is 6.52. The van der Waals surface area contributed by atoms with Gasteiger partial charge in [0.05, 0.1) is 12.2 Å². The number of amides is 1. The number of esters is 1. The van der Waals surface area contributed by atoms with Crippen LogP contribution in [0.2, 0.25) is 0 Å². The Kier molecular flexibility index (Phi) is 8.84. The lowest BCUT2D eigenvalue weighted by atomic mass is 10.2. The number of nitrogens with one attached hydrogen (secondary N) is 3. The Hall–Kier alpha value is -2.35. The summed E-state index contributed by atoms with van der Waals surface area (Å²) < 4.78 is 10.2. The first-order chi connectivity index (χ1) is 12.2. The van der Waals surface area contributed by atoms with Crippen LogP contribution in [0, 0.1) is 0 Å². The van der Waals surface area contributed by atoms with Crippen LogP contribution in [0.5, 0.6) is 0 Å². The first kappa shape index (κ1) is 21.7. The Bertz CT molecular complexity index is 612. The standard InChI is InChI=1S/C18H27N3O4S/c1-5-12-24-15(22)13-6-8-14(9-7-13)21-16(26)19-10-11-20-17(23)25-18(2,3)4/h6-9H,5,10-12H2,1-4H3,(H,20,23)(H2,19,21,26). The summed E-state index contributed by atoms with van der Waals surface area (Å²) in [6, 6.07) is 6.84. The SMILES string of the molecule is CCCOC(=O)c1ccc(NC(=S)NCCNC(=O)OC(C)(C)C)cc1. The van der Waals surface area contributed by atoms with E-state index in [9.17, 15) is 9.59 Å². The molecule has 0 saturated heterocycles. The zero-order chi connectivity index (χ0) is 19.6.